The summed E-state index contributed by atoms with van der Waals surface area (Å²) >= 11 is 9.39. The lowest BCUT2D eigenvalue weighted by atomic mass is 9.90. The summed E-state index contributed by atoms with van der Waals surface area (Å²) in [5.41, 5.74) is 22.5. The average Bonchev–Trinajstić information content (AvgIpc) is 1.82. The molecule has 125 heavy (non-hydrogen) atoms. The molecule has 9 aromatic carbocycles. The van der Waals surface area contributed by atoms with Gasteiger partial charge in [-0.05, 0) is 215 Å². The fraction of sp³-hybridized carbons (Fsp3) is 0.353. The van der Waals surface area contributed by atoms with Crippen LogP contribution < -0.4 is 48.4 Å². The molecule has 0 spiro atoms. The summed E-state index contributed by atoms with van der Waals surface area (Å²) < 4.78 is 0.996. The minimum atomic E-state index is -0.374. The molecule has 0 bridgehead atoms. The first-order chi connectivity index (χ1) is 61.0. The number of hydrazone groups is 1. The van der Waals surface area contributed by atoms with Gasteiger partial charge in [0.1, 0.15) is 0 Å². The van der Waals surface area contributed by atoms with Gasteiger partial charge in [-0.3, -0.25) is 33.6 Å². The van der Waals surface area contributed by atoms with Crippen LogP contribution in [0.5, 0.6) is 0 Å². The van der Waals surface area contributed by atoms with Crippen LogP contribution in [-0.2, 0) is 28.8 Å². The molecule has 5 heterocycles. The van der Waals surface area contributed by atoms with Crippen LogP contribution in [0.15, 0.2) is 277 Å². The van der Waals surface area contributed by atoms with Crippen LogP contribution in [0.4, 0.5) is 5.69 Å². The number of anilines is 1. The van der Waals surface area contributed by atoms with Gasteiger partial charge in [0.2, 0.25) is 29.5 Å². The van der Waals surface area contributed by atoms with E-state index in [1.807, 2.05) is 138 Å². The van der Waals surface area contributed by atoms with E-state index in [9.17, 15) is 33.6 Å². The first-order valence-electron chi connectivity index (χ1n) is 44.3. The summed E-state index contributed by atoms with van der Waals surface area (Å²) in [7, 11) is 0. The molecule has 0 saturated carbocycles. The number of carbonyl (C=O) groups excluding carboxylic acids is 7. The van der Waals surface area contributed by atoms with Crippen LogP contribution in [0, 0.1) is 0 Å². The zero-order chi connectivity index (χ0) is 87.5. The highest BCUT2D eigenvalue weighted by atomic mass is 79.9. The summed E-state index contributed by atoms with van der Waals surface area (Å²) in [6.45, 7) is 11.1. The lowest BCUT2D eigenvalue weighted by molar-refractivity contribution is -0.133. The summed E-state index contributed by atoms with van der Waals surface area (Å²) in [5.74, 6) is -0.0470. The van der Waals surface area contributed by atoms with Crippen LogP contribution in [0.25, 0.3) is 12.2 Å². The number of nitrogens with zero attached hydrogens (tertiary/aromatic N) is 6. The standard InChI is InChI=1S/C36H43ClN4O2.C34H40N6O3.C32H37BrN4O2/c37-31-18-15-28(16-19-31)17-20-35(42)38-26-32-21-25-41(36(43)34(39-32)14-9-24-40-22-7-8-23-40)27-33(29-10-3-1-4-11-29)30-12-5-2-6-13-30;1-24-21-32(41)40(38-24)29-16-14-27(15-17-29)33(42)36-22-28-18-20-39(34(43)31(37-28)13-8-19-35)23-30(25-9-4-2-5-10-25)26-11-6-3-7-12-26;33-27-16-13-24(14-17-27)15-18-31(38)35-22-28-19-21-37(32(39)30(36-28)12-7-20-34)23-29(25-8-3-1-4-9-25)26-10-5-2-6-11-26/h1-6,10-13,15-20,32-34,39H,7-9,14,21-27H2,(H,38,42);2-7,9-12,14-17,28,30-31,37H,8,13,18-23,35H2,1H3,(H,36,42);1-6,8-11,13-18,28-30,36H,7,12,19-23,34H2,(H,35,38)/b20-17+;;18-15+/t32-,34-;28-,31-;28-,30-/m000/s1. The maximum atomic E-state index is 14.1. The second-order valence-corrected chi connectivity index (χ2v) is 34.2. The van der Waals surface area contributed by atoms with Crippen molar-refractivity contribution in [3.05, 3.63) is 327 Å². The highest BCUT2D eigenvalue weighted by Gasteiger charge is 2.37. The molecule has 5 aliphatic heterocycles. The Morgan fingerprint density at radius 1 is 0.456 bits per heavy atom. The Balaban J connectivity index is 0.000000171. The number of halogens is 2. The van der Waals surface area contributed by atoms with E-state index in [4.69, 9.17) is 23.1 Å². The van der Waals surface area contributed by atoms with Crippen molar-refractivity contribution in [3.8, 4) is 0 Å². The van der Waals surface area contributed by atoms with Crippen LogP contribution >= 0.6 is 27.5 Å². The Morgan fingerprint density at radius 2 is 0.800 bits per heavy atom. The van der Waals surface area contributed by atoms with Crippen LogP contribution in [0.3, 0.4) is 0 Å². The molecule has 10 N–H and O–H groups in total. The minimum Gasteiger partial charge on any atom is -0.351 e. The van der Waals surface area contributed by atoms with E-state index in [0.29, 0.717) is 114 Å². The number of hydrogen-bond acceptors (Lipinski definition) is 14. The normalized spacial score (nSPS) is 18.9. The third-order valence-corrected chi connectivity index (χ3v) is 24.6. The summed E-state index contributed by atoms with van der Waals surface area (Å²) in [6.07, 6.45) is 16.3. The summed E-state index contributed by atoms with van der Waals surface area (Å²) in [5, 5.41) is 26.1. The molecule has 6 atom stereocenters. The van der Waals surface area contributed by atoms with Crippen molar-refractivity contribution in [2.24, 2.45) is 16.6 Å². The van der Waals surface area contributed by atoms with Gasteiger partial charge >= 0.3 is 0 Å². The zero-order valence-corrected chi connectivity index (χ0v) is 73.9. The van der Waals surface area contributed by atoms with Crippen molar-refractivity contribution in [1.29, 1.82) is 0 Å². The minimum absolute atomic E-state index is 0.00511. The maximum absolute atomic E-state index is 14.1. The molecule has 0 aliphatic carbocycles. The maximum Gasteiger partial charge on any atom is 0.253 e. The Morgan fingerprint density at radius 3 is 1.14 bits per heavy atom. The molecular weight excluding hydrogens is 1650 g/mol. The predicted molar refractivity (Wildman–Crippen MR) is 505 cm³/mol. The Kier molecular flexibility index (Phi) is 36.5. The molecule has 654 valence electrons. The Hall–Kier alpha value is -11.1. The van der Waals surface area contributed by atoms with E-state index in [-0.39, 0.29) is 95.4 Å². The fourth-order valence-electron chi connectivity index (χ4n) is 16.9. The second kappa shape index (κ2) is 49.0. The SMILES string of the molecule is CC1=NN(c2ccc(C(=O)NC[C@@H]3CCN(CC(c4ccccc4)c4ccccc4)C(=O)[C@H](CCCN)N3)cc2)C(=O)C1.NCCC[C@@H]1N[C@H](CNC(=O)/C=C/c2ccc(Br)cc2)CCN(CC(c2ccccc2)c2ccccc2)C1=O.O=C(/C=C/c1ccc(Cl)cc1)NC[C@@H]1CCN(CC(c2ccccc2)c2ccccc2)C(=O)[C@H](CCCN2CCCC2)N1. The van der Waals surface area contributed by atoms with Crippen molar-refractivity contribution < 1.29 is 33.6 Å². The van der Waals surface area contributed by atoms with Gasteiger partial charge in [0.05, 0.1) is 30.2 Å². The molecule has 4 saturated heterocycles. The number of benzene rings is 9. The van der Waals surface area contributed by atoms with Crippen molar-refractivity contribution in [1.82, 2.24) is 51.5 Å². The number of likely N-dealkylation sites (tertiary alicyclic amines) is 1. The molecule has 0 unspecified atom stereocenters. The monoisotopic (exact) mass is 1770 g/mol. The number of rotatable bonds is 34. The number of hydrogen-bond donors (Lipinski definition) is 8. The van der Waals surface area contributed by atoms with Gasteiger partial charge in [0, 0.05) is 128 Å². The molecule has 5 aliphatic rings. The first-order valence-corrected chi connectivity index (χ1v) is 45.4. The van der Waals surface area contributed by atoms with Crippen molar-refractivity contribution in [2.45, 2.75) is 138 Å². The molecule has 9 aromatic rings. The summed E-state index contributed by atoms with van der Waals surface area (Å²) in [6, 6.07) is 83.3. The van der Waals surface area contributed by atoms with Crippen LogP contribution in [0.2, 0.25) is 5.02 Å². The van der Waals surface area contributed by atoms with Gasteiger partial charge < -0.3 is 63.0 Å². The zero-order valence-electron chi connectivity index (χ0n) is 71.6. The Bertz CT molecular complexity index is 4840. The predicted octanol–water partition coefficient (Wildman–Crippen LogP) is 14.1. The molecule has 7 amide bonds. The van der Waals surface area contributed by atoms with Gasteiger partial charge in [-0.1, -0.05) is 234 Å². The van der Waals surface area contributed by atoms with Crippen LogP contribution in [-0.4, -0.2) is 195 Å². The highest BCUT2D eigenvalue weighted by molar-refractivity contribution is 9.10. The lowest BCUT2D eigenvalue weighted by Gasteiger charge is -2.29. The van der Waals surface area contributed by atoms with Crippen LogP contribution in [0.1, 0.15) is 157 Å². The third kappa shape index (κ3) is 28.7. The smallest absolute Gasteiger partial charge is 0.253 e. The van der Waals surface area contributed by atoms with E-state index >= 15 is 0 Å². The topological polar surface area (TPSA) is 272 Å². The quantitative estimate of drug-likeness (QED) is 0.0175. The van der Waals surface area contributed by atoms with Gasteiger partial charge in [-0.15, -0.1) is 0 Å². The van der Waals surface area contributed by atoms with Gasteiger partial charge in [0.25, 0.3) is 11.8 Å². The Labute approximate surface area is 750 Å². The summed E-state index contributed by atoms with van der Waals surface area (Å²) in [4.78, 5) is 101. The molecule has 21 nitrogen and oxygen atoms in total. The van der Waals surface area contributed by atoms with Gasteiger partial charge in [-0.2, -0.15) is 5.10 Å². The molecule has 4 fully saturated rings. The van der Waals surface area contributed by atoms with Gasteiger partial charge in [-0.25, -0.2) is 5.01 Å². The number of amides is 7. The van der Waals surface area contributed by atoms with Crippen molar-refractivity contribution in [2.75, 3.05) is 96.6 Å². The highest BCUT2D eigenvalue weighted by Crippen LogP contribution is 2.32. The number of carbonyl (C=O) groups is 7. The fourth-order valence-corrected chi connectivity index (χ4v) is 17.3. The molecule has 14 rings (SSSR count). The van der Waals surface area contributed by atoms with E-state index in [0.717, 1.165) is 79.5 Å². The lowest BCUT2D eigenvalue weighted by Crippen LogP contribution is -2.49. The van der Waals surface area contributed by atoms with E-state index in [2.05, 4.69) is 160 Å². The van der Waals surface area contributed by atoms with E-state index in [1.54, 1.807) is 60.7 Å². The van der Waals surface area contributed by atoms with E-state index < -0.39 is 0 Å². The van der Waals surface area contributed by atoms with E-state index in [1.165, 1.54) is 51.2 Å². The number of nitrogens with one attached hydrogen (secondary N) is 6. The largest absolute Gasteiger partial charge is 0.351 e. The molecular formula is C102H120BrClN14O7. The number of nitrogens with two attached hydrogens (primary N) is 2. The molecule has 23 heteroatoms. The van der Waals surface area contributed by atoms with Gasteiger partial charge in [0.15, 0.2) is 0 Å². The third-order valence-electron chi connectivity index (χ3n) is 23.8. The van der Waals surface area contributed by atoms with Crippen molar-refractivity contribution >= 4 is 92.4 Å². The van der Waals surface area contributed by atoms with Crippen molar-refractivity contribution in [3.63, 3.8) is 0 Å². The molecule has 0 aromatic heterocycles. The first kappa shape index (κ1) is 93.1. The molecule has 0 radical (unpaired) electrons. The second-order valence-electron chi connectivity index (χ2n) is 32.9. The average molecular weight is 1770 g/mol.